The third-order valence-electron chi connectivity index (χ3n) is 7.44. The highest BCUT2D eigenvalue weighted by Crippen LogP contribution is 2.42. The first kappa shape index (κ1) is 30.0. The number of fused-ring (bicyclic) bond motifs is 1. The summed E-state index contributed by atoms with van der Waals surface area (Å²) in [6, 6.07) is 7.84. The van der Waals surface area contributed by atoms with Crippen LogP contribution >= 0.6 is 23.1 Å². The summed E-state index contributed by atoms with van der Waals surface area (Å²) in [6.07, 6.45) is 8.85. The standard InChI is InChI=1S/C30H34BrN10O2P/c1-5-41-18-19(16-36-41)20-14-24(26(43-2)15-25(20)40-12-10-32-11-13-40)38-30-35-17-21(31)29(39-30)37-23-7-6-22-27(34-9-8-33-22)28(23)44(3,4)42/h6-9,14-18,32H,5,10-13H2,1-4H3,(H2,35,37,38,39). The van der Waals surface area contributed by atoms with Gasteiger partial charge >= 0.3 is 0 Å². The lowest BCUT2D eigenvalue weighted by molar-refractivity contribution is 0.416. The van der Waals surface area contributed by atoms with Gasteiger partial charge in [0.1, 0.15) is 24.2 Å². The molecule has 0 aliphatic carbocycles. The van der Waals surface area contributed by atoms with Crippen LogP contribution in [0.15, 0.2) is 59.7 Å². The van der Waals surface area contributed by atoms with Crippen LogP contribution < -0.4 is 30.9 Å². The molecule has 0 amide bonds. The molecule has 0 unspecified atom stereocenters. The van der Waals surface area contributed by atoms with Crippen molar-refractivity contribution < 1.29 is 9.30 Å². The summed E-state index contributed by atoms with van der Waals surface area (Å²) in [7, 11) is -1.10. The summed E-state index contributed by atoms with van der Waals surface area (Å²) in [5, 5.41) is 15.3. The number of piperazine rings is 1. The number of methoxy groups -OCH3 is 1. The van der Waals surface area contributed by atoms with E-state index >= 15 is 0 Å². The second kappa shape index (κ2) is 12.5. The predicted molar refractivity (Wildman–Crippen MR) is 180 cm³/mol. The van der Waals surface area contributed by atoms with E-state index < -0.39 is 7.14 Å². The summed E-state index contributed by atoms with van der Waals surface area (Å²) in [5.41, 5.74) is 5.77. The molecule has 3 aromatic heterocycles. The van der Waals surface area contributed by atoms with Crippen LogP contribution in [0.5, 0.6) is 5.75 Å². The number of aryl methyl sites for hydroxylation is 1. The van der Waals surface area contributed by atoms with Crippen molar-refractivity contribution in [2.45, 2.75) is 13.5 Å². The van der Waals surface area contributed by atoms with E-state index in [1.807, 2.05) is 23.0 Å². The van der Waals surface area contributed by atoms with Crippen molar-refractivity contribution >= 4 is 68.2 Å². The van der Waals surface area contributed by atoms with E-state index in [0.29, 0.717) is 49.7 Å². The van der Waals surface area contributed by atoms with Gasteiger partial charge in [0, 0.05) is 80.4 Å². The first-order valence-corrected chi connectivity index (χ1v) is 17.7. The molecule has 0 radical (unpaired) electrons. The Morgan fingerprint density at radius 3 is 2.57 bits per heavy atom. The Bertz CT molecular complexity index is 1870. The molecule has 1 fully saturated rings. The number of benzene rings is 2. The molecule has 3 N–H and O–H groups in total. The fraction of sp³-hybridized carbons (Fsp3) is 0.300. The van der Waals surface area contributed by atoms with Gasteiger partial charge in [0.15, 0.2) is 0 Å². The highest BCUT2D eigenvalue weighted by Gasteiger charge is 2.23. The molecule has 1 aliphatic heterocycles. The highest BCUT2D eigenvalue weighted by atomic mass is 79.9. The molecule has 6 rings (SSSR count). The number of ether oxygens (including phenoxy) is 1. The third kappa shape index (κ3) is 6.12. The number of anilines is 5. The molecule has 5 aromatic rings. The van der Waals surface area contributed by atoms with E-state index in [4.69, 9.17) is 9.72 Å². The fourth-order valence-corrected chi connectivity index (χ4v) is 7.02. The number of nitrogens with zero attached hydrogens (tertiary/aromatic N) is 7. The van der Waals surface area contributed by atoms with Crippen molar-refractivity contribution in [2.75, 3.05) is 62.2 Å². The van der Waals surface area contributed by atoms with Crippen LogP contribution in [0.2, 0.25) is 0 Å². The predicted octanol–water partition coefficient (Wildman–Crippen LogP) is 5.22. The van der Waals surface area contributed by atoms with Gasteiger partial charge in [0.2, 0.25) is 5.95 Å². The zero-order chi connectivity index (χ0) is 30.8. The number of hydrogen-bond acceptors (Lipinski definition) is 11. The van der Waals surface area contributed by atoms with Crippen LogP contribution in [0.4, 0.5) is 28.8 Å². The Labute approximate surface area is 264 Å². The summed E-state index contributed by atoms with van der Waals surface area (Å²) in [5.74, 6) is 1.53. The minimum absolute atomic E-state index is 0.359. The maximum absolute atomic E-state index is 13.4. The Morgan fingerprint density at radius 2 is 1.84 bits per heavy atom. The smallest absolute Gasteiger partial charge is 0.229 e. The monoisotopic (exact) mass is 676 g/mol. The van der Waals surface area contributed by atoms with Crippen LogP contribution in [-0.4, -0.2) is 76.3 Å². The lowest BCUT2D eigenvalue weighted by atomic mass is 10.0. The summed E-state index contributed by atoms with van der Waals surface area (Å²) >= 11 is 3.57. The summed E-state index contributed by atoms with van der Waals surface area (Å²) < 4.78 is 21.8. The Kier molecular flexibility index (Phi) is 8.53. The SMILES string of the molecule is CCn1cc(-c2cc(Nc3ncc(Br)c(Nc4ccc5nccnc5c4P(C)(C)=O)n3)c(OC)cc2N2CCNCC2)cn1. The molecule has 12 nitrogen and oxygen atoms in total. The zero-order valence-electron chi connectivity index (χ0n) is 25.0. The molecule has 14 heteroatoms. The van der Waals surface area contributed by atoms with Gasteiger partial charge in [-0.1, -0.05) is 0 Å². The first-order valence-electron chi connectivity index (χ1n) is 14.3. The van der Waals surface area contributed by atoms with Crippen LogP contribution in [-0.2, 0) is 11.1 Å². The Hall–Kier alpha value is -4.06. The number of hydrogen-bond donors (Lipinski definition) is 3. The molecule has 4 heterocycles. The maximum atomic E-state index is 13.4. The highest BCUT2D eigenvalue weighted by molar-refractivity contribution is 9.10. The second-order valence-corrected chi connectivity index (χ2v) is 14.8. The minimum Gasteiger partial charge on any atom is -0.494 e. The normalized spacial score (nSPS) is 13.7. The van der Waals surface area contributed by atoms with Gasteiger partial charge < -0.3 is 30.2 Å². The summed E-state index contributed by atoms with van der Waals surface area (Å²) in [6.45, 7) is 9.90. The summed E-state index contributed by atoms with van der Waals surface area (Å²) in [4.78, 5) is 20.5. The van der Waals surface area contributed by atoms with Crippen LogP contribution in [0.1, 0.15) is 6.92 Å². The molecular weight excluding hydrogens is 643 g/mol. The van der Waals surface area contributed by atoms with Gasteiger partial charge in [-0.2, -0.15) is 10.1 Å². The van der Waals surface area contributed by atoms with Crippen LogP contribution in [0.25, 0.3) is 22.2 Å². The number of aromatic nitrogens is 6. The van der Waals surface area contributed by atoms with Gasteiger partial charge in [0.05, 0.1) is 40.0 Å². The van der Waals surface area contributed by atoms with Crippen molar-refractivity contribution in [2.24, 2.45) is 0 Å². The molecule has 44 heavy (non-hydrogen) atoms. The average Bonchev–Trinajstić information content (AvgIpc) is 3.51. The molecule has 0 bridgehead atoms. The van der Waals surface area contributed by atoms with E-state index in [-0.39, 0.29) is 0 Å². The molecule has 0 saturated carbocycles. The minimum atomic E-state index is -2.75. The van der Waals surface area contributed by atoms with Crippen molar-refractivity contribution in [1.29, 1.82) is 0 Å². The largest absolute Gasteiger partial charge is 0.494 e. The van der Waals surface area contributed by atoms with Crippen molar-refractivity contribution in [3.63, 3.8) is 0 Å². The molecule has 1 saturated heterocycles. The van der Waals surface area contributed by atoms with Gasteiger partial charge in [-0.3, -0.25) is 14.6 Å². The number of halogens is 1. The van der Waals surface area contributed by atoms with Gasteiger partial charge in [-0.15, -0.1) is 0 Å². The lowest BCUT2D eigenvalue weighted by Gasteiger charge is -2.31. The second-order valence-electron chi connectivity index (χ2n) is 10.8. The third-order valence-corrected chi connectivity index (χ3v) is 9.55. The first-order chi connectivity index (χ1) is 21.2. The number of rotatable bonds is 9. The van der Waals surface area contributed by atoms with Crippen molar-refractivity contribution in [1.82, 2.24) is 35.0 Å². The molecule has 228 valence electrons. The molecule has 0 spiro atoms. The van der Waals surface area contributed by atoms with E-state index in [1.54, 1.807) is 39.0 Å². The van der Waals surface area contributed by atoms with Gasteiger partial charge in [-0.25, -0.2) is 4.98 Å². The average molecular weight is 678 g/mol. The van der Waals surface area contributed by atoms with E-state index in [0.717, 1.165) is 49.5 Å². The van der Waals surface area contributed by atoms with E-state index in [9.17, 15) is 4.57 Å². The van der Waals surface area contributed by atoms with Crippen molar-refractivity contribution in [3.8, 4) is 16.9 Å². The Balaban J connectivity index is 1.38. The molecular formula is C30H34BrN10O2P. The Morgan fingerprint density at radius 1 is 1.05 bits per heavy atom. The molecule has 2 aromatic carbocycles. The van der Waals surface area contributed by atoms with Gasteiger partial charge in [0.25, 0.3) is 0 Å². The van der Waals surface area contributed by atoms with E-state index in [2.05, 4.69) is 82.1 Å². The molecule has 0 atom stereocenters. The van der Waals surface area contributed by atoms with Crippen LogP contribution in [0, 0.1) is 0 Å². The van der Waals surface area contributed by atoms with Gasteiger partial charge in [-0.05, 0) is 54.4 Å². The quantitative estimate of drug-likeness (QED) is 0.177. The number of nitrogens with one attached hydrogen (secondary N) is 3. The fourth-order valence-electron chi connectivity index (χ4n) is 5.34. The molecule has 1 aliphatic rings. The van der Waals surface area contributed by atoms with E-state index in [1.165, 1.54) is 0 Å². The van der Waals surface area contributed by atoms with Crippen molar-refractivity contribution in [3.05, 3.63) is 59.7 Å². The lowest BCUT2D eigenvalue weighted by Crippen LogP contribution is -2.43. The van der Waals surface area contributed by atoms with Crippen LogP contribution in [0.3, 0.4) is 0 Å². The maximum Gasteiger partial charge on any atom is 0.229 e. The topological polar surface area (TPSA) is 135 Å². The zero-order valence-corrected chi connectivity index (χ0v) is 27.5.